The van der Waals surface area contributed by atoms with Gasteiger partial charge in [0.25, 0.3) is 0 Å². The smallest absolute Gasteiger partial charge is 0.407 e. The Labute approximate surface area is 193 Å². The van der Waals surface area contributed by atoms with Crippen molar-refractivity contribution in [1.82, 2.24) is 20.2 Å². The van der Waals surface area contributed by atoms with Crippen LogP contribution in [0.2, 0.25) is 10.0 Å². The number of rotatable bonds is 7. The number of benzene rings is 1. The summed E-state index contributed by atoms with van der Waals surface area (Å²) >= 11 is 12.5. The number of hydrogen-bond donors (Lipinski definition) is 3. The topological polar surface area (TPSA) is 90.4 Å². The van der Waals surface area contributed by atoms with Crippen molar-refractivity contribution in [3.63, 3.8) is 0 Å². The van der Waals surface area contributed by atoms with Crippen molar-refractivity contribution < 1.29 is 9.90 Å². The third-order valence-electron chi connectivity index (χ3n) is 5.75. The van der Waals surface area contributed by atoms with E-state index in [9.17, 15) is 9.90 Å². The van der Waals surface area contributed by atoms with Crippen LogP contribution in [0.3, 0.4) is 0 Å². The maximum atomic E-state index is 11.7. The van der Waals surface area contributed by atoms with Gasteiger partial charge < -0.3 is 20.6 Å². The molecule has 2 heterocycles. The van der Waals surface area contributed by atoms with E-state index in [1.165, 1.54) is 4.90 Å². The molecule has 1 aromatic heterocycles. The maximum absolute atomic E-state index is 11.7. The van der Waals surface area contributed by atoms with Crippen LogP contribution in [0.4, 0.5) is 10.6 Å². The monoisotopic (exact) mass is 465 g/mol. The highest BCUT2D eigenvalue weighted by molar-refractivity contribution is 6.36. The molecule has 0 bridgehead atoms. The third-order valence-corrected chi connectivity index (χ3v) is 6.30. The number of halogens is 2. The molecule has 7 nitrogen and oxygen atoms in total. The van der Waals surface area contributed by atoms with Gasteiger partial charge in [0.1, 0.15) is 5.82 Å². The number of likely N-dealkylation sites (N-methyl/N-ethyl adjacent to an activating group) is 1. The number of likely N-dealkylation sites (tertiary alicyclic amines) is 1. The lowest BCUT2D eigenvalue weighted by Crippen LogP contribution is -2.46. The fourth-order valence-electron chi connectivity index (χ4n) is 4.12. The first kappa shape index (κ1) is 23.6. The second-order valence-electron chi connectivity index (χ2n) is 7.66. The summed E-state index contributed by atoms with van der Waals surface area (Å²) in [5.74, 6) is 0.695. The molecule has 3 atom stereocenters. The van der Waals surface area contributed by atoms with E-state index in [2.05, 4.69) is 10.6 Å². The summed E-state index contributed by atoms with van der Waals surface area (Å²) in [6.45, 7) is 9.17. The molecular weight excluding hydrogens is 437 g/mol. The van der Waals surface area contributed by atoms with Gasteiger partial charge in [-0.2, -0.15) is 0 Å². The van der Waals surface area contributed by atoms with Gasteiger partial charge in [0.2, 0.25) is 0 Å². The van der Waals surface area contributed by atoms with Gasteiger partial charge in [-0.15, -0.1) is 0 Å². The highest BCUT2D eigenvalue weighted by Crippen LogP contribution is 2.33. The van der Waals surface area contributed by atoms with E-state index in [-0.39, 0.29) is 18.1 Å². The summed E-state index contributed by atoms with van der Waals surface area (Å²) in [7, 11) is 0. The fraction of sp³-hybridized carbons (Fsp3) is 0.500. The normalized spacial score (nSPS) is 20.8. The lowest BCUT2D eigenvalue weighted by molar-refractivity contribution is 0.142. The van der Waals surface area contributed by atoms with Crippen LogP contribution in [0.1, 0.15) is 39.1 Å². The molecule has 3 N–H and O–H groups in total. The van der Waals surface area contributed by atoms with Gasteiger partial charge >= 0.3 is 6.09 Å². The van der Waals surface area contributed by atoms with Crippen molar-refractivity contribution in [3.05, 3.63) is 39.6 Å². The Morgan fingerprint density at radius 1 is 1.19 bits per heavy atom. The molecule has 1 fully saturated rings. The van der Waals surface area contributed by atoms with Crippen molar-refractivity contribution in [3.8, 4) is 11.3 Å². The summed E-state index contributed by atoms with van der Waals surface area (Å²) in [6, 6.07) is 5.03. The molecule has 31 heavy (non-hydrogen) atoms. The van der Waals surface area contributed by atoms with Crippen LogP contribution < -0.4 is 10.6 Å². The summed E-state index contributed by atoms with van der Waals surface area (Å²) in [5, 5.41) is 17.6. The molecule has 1 aromatic carbocycles. The molecule has 1 unspecified atom stereocenters. The Bertz CT molecular complexity index is 956. The van der Waals surface area contributed by atoms with Gasteiger partial charge in [-0.1, -0.05) is 44.0 Å². The Hall–Kier alpha value is -2.09. The van der Waals surface area contributed by atoms with Gasteiger partial charge in [0, 0.05) is 23.2 Å². The van der Waals surface area contributed by atoms with Crippen molar-refractivity contribution in [2.24, 2.45) is 0 Å². The molecule has 0 aliphatic carbocycles. The van der Waals surface area contributed by atoms with Crippen molar-refractivity contribution in [2.45, 2.75) is 58.7 Å². The number of aromatic nitrogens is 2. The number of hydrogen-bond acceptors (Lipinski definition) is 5. The zero-order chi connectivity index (χ0) is 22.7. The van der Waals surface area contributed by atoms with E-state index in [1.54, 1.807) is 12.1 Å². The first-order valence-electron chi connectivity index (χ1n) is 10.6. The highest BCUT2D eigenvalue weighted by Gasteiger charge is 2.41. The van der Waals surface area contributed by atoms with Crippen LogP contribution in [0.15, 0.2) is 18.2 Å². The van der Waals surface area contributed by atoms with Crippen molar-refractivity contribution in [1.29, 1.82) is 0 Å². The standard InChI is InChI=1S/C22H29Cl2N5O2/c1-5-16-20(14-9-8-13(23)10-15(14)24)26-17(6-2)21(27-16)28-19-12(4)29(22(30)31)11-18(19)25-7-3/h8-10,12,18-19,25H,5-7,11H2,1-4H3,(H,27,28)(H,30,31)/t12?,18-,19-/m0/s1. The molecule has 1 aliphatic rings. The van der Waals surface area contributed by atoms with E-state index in [0.29, 0.717) is 35.2 Å². The summed E-state index contributed by atoms with van der Waals surface area (Å²) in [5.41, 5.74) is 3.19. The first-order chi connectivity index (χ1) is 14.8. The summed E-state index contributed by atoms with van der Waals surface area (Å²) in [6.07, 6.45) is 0.439. The largest absolute Gasteiger partial charge is 0.465 e. The molecule has 0 saturated carbocycles. The minimum Gasteiger partial charge on any atom is -0.465 e. The number of anilines is 1. The molecule has 0 radical (unpaired) electrons. The zero-order valence-electron chi connectivity index (χ0n) is 18.2. The quantitative estimate of drug-likeness (QED) is 0.547. The predicted molar refractivity (Wildman–Crippen MR) is 125 cm³/mol. The zero-order valence-corrected chi connectivity index (χ0v) is 19.8. The van der Waals surface area contributed by atoms with Crippen LogP contribution in [-0.2, 0) is 12.8 Å². The molecular formula is C22H29Cl2N5O2. The number of carboxylic acid groups (broad SMARTS) is 1. The van der Waals surface area contributed by atoms with Gasteiger partial charge in [-0.05, 0) is 44.5 Å². The minimum atomic E-state index is -0.913. The number of amides is 1. The van der Waals surface area contributed by atoms with Gasteiger partial charge in [-0.25, -0.2) is 14.8 Å². The van der Waals surface area contributed by atoms with Crippen LogP contribution in [-0.4, -0.2) is 57.3 Å². The Morgan fingerprint density at radius 2 is 1.90 bits per heavy atom. The third kappa shape index (κ3) is 4.89. The Kier molecular flexibility index (Phi) is 7.62. The second kappa shape index (κ2) is 10.0. The van der Waals surface area contributed by atoms with Crippen LogP contribution in [0.5, 0.6) is 0 Å². The van der Waals surface area contributed by atoms with Gasteiger partial charge in [0.05, 0.1) is 34.2 Å². The minimum absolute atomic E-state index is 0.0157. The van der Waals surface area contributed by atoms with E-state index in [1.807, 2.05) is 33.8 Å². The lowest BCUT2D eigenvalue weighted by atomic mass is 10.1. The molecule has 0 spiro atoms. The maximum Gasteiger partial charge on any atom is 0.407 e. The van der Waals surface area contributed by atoms with E-state index in [0.717, 1.165) is 29.2 Å². The molecule has 3 rings (SSSR count). The highest BCUT2D eigenvalue weighted by atomic mass is 35.5. The molecule has 1 saturated heterocycles. The van der Waals surface area contributed by atoms with Gasteiger partial charge in [-0.3, -0.25) is 0 Å². The van der Waals surface area contributed by atoms with Crippen molar-refractivity contribution >= 4 is 35.1 Å². The number of nitrogens with zero attached hydrogens (tertiary/aromatic N) is 3. The predicted octanol–water partition coefficient (Wildman–Crippen LogP) is 4.72. The molecule has 1 amide bonds. The molecule has 9 heteroatoms. The van der Waals surface area contributed by atoms with Crippen molar-refractivity contribution in [2.75, 3.05) is 18.4 Å². The van der Waals surface area contributed by atoms with E-state index >= 15 is 0 Å². The Balaban J connectivity index is 2.00. The Morgan fingerprint density at radius 3 is 2.48 bits per heavy atom. The van der Waals surface area contributed by atoms with Crippen LogP contribution in [0.25, 0.3) is 11.3 Å². The van der Waals surface area contributed by atoms with E-state index in [4.69, 9.17) is 33.2 Å². The average molecular weight is 466 g/mol. The van der Waals surface area contributed by atoms with E-state index < -0.39 is 6.09 Å². The average Bonchev–Trinajstić information content (AvgIpc) is 3.04. The number of aryl methyl sites for hydroxylation is 2. The SMILES string of the molecule is CCN[C@H]1CN(C(=O)O)C(C)[C@@H]1Nc1nc(CC)c(-c2ccc(Cl)cc2Cl)nc1CC. The fourth-order valence-corrected chi connectivity index (χ4v) is 4.62. The molecule has 1 aliphatic heterocycles. The summed E-state index contributed by atoms with van der Waals surface area (Å²) in [4.78, 5) is 22.9. The lowest BCUT2D eigenvalue weighted by Gasteiger charge is -2.26. The second-order valence-corrected chi connectivity index (χ2v) is 8.50. The van der Waals surface area contributed by atoms with Crippen LogP contribution >= 0.6 is 23.2 Å². The van der Waals surface area contributed by atoms with Crippen LogP contribution in [0, 0.1) is 0 Å². The molecule has 2 aromatic rings. The molecule has 168 valence electrons. The van der Waals surface area contributed by atoms with Gasteiger partial charge in [0.15, 0.2) is 0 Å². The number of nitrogens with one attached hydrogen (secondary N) is 2. The summed E-state index contributed by atoms with van der Waals surface area (Å²) < 4.78 is 0. The number of carbonyl (C=O) groups is 1. The first-order valence-corrected chi connectivity index (χ1v) is 11.4.